The quantitative estimate of drug-likeness (QED) is 0.382. The van der Waals surface area contributed by atoms with E-state index in [-0.39, 0.29) is 22.8 Å². The number of sulfone groups is 1. The molecule has 1 saturated heterocycles. The predicted octanol–water partition coefficient (Wildman–Crippen LogP) is 3.78. The van der Waals surface area contributed by atoms with Crippen LogP contribution in [0.25, 0.3) is 10.9 Å². The zero-order valence-electron chi connectivity index (χ0n) is 21.1. The van der Waals surface area contributed by atoms with Gasteiger partial charge in [0.2, 0.25) is 0 Å². The summed E-state index contributed by atoms with van der Waals surface area (Å²) in [6.45, 7) is 8.00. The van der Waals surface area contributed by atoms with Crippen molar-refractivity contribution in [3.63, 3.8) is 0 Å². The first-order valence-corrected chi connectivity index (χ1v) is 15.4. The standard InChI is InChI=1S/C27H29BrClN5O3S/c1-2-38(36,37)26-6-5-21(29)12-20(26)16-34-18-31-25-13-19(24(28)14-23(25)27(34)35)15-32-8-10-33(11-9-32)17-22-4-3-7-30-22/h3-6,12-14,18H,2,7-11,15-17H2,1H3. The molecule has 3 heterocycles. The Morgan fingerprint density at radius 1 is 1.00 bits per heavy atom. The topological polar surface area (TPSA) is 87.9 Å². The van der Waals surface area contributed by atoms with Gasteiger partial charge in [0.15, 0.2) is 9.84 Å². The van der Waals surface area contributed by atoms with Gasteiger partial charge in [-0.15, -0.1) is 0 Å². The molecule has 2 aliphatic rings. The zero-order chi connectivity index (χ0) is 26.9. The second-order valence-corrected chi connectivity index (χ2v) is 13.1. The van der Waals surface area contributed by atoms with Gasteiger partial charge in [0, 0.05) is 54.5 Å². The number of hydrogen-bond donors (Lipinski definition) is 0. The molecule has 3 aromatic rings. The molecule has 200 valence electrons. The van der Waals surface area contributed by atoms with Crippen molar-refractivity contribution in [3.05, 3.63) is 79.8 Å². The third-order valence-electron chi connectivity index (χ3n) is 7.03. The maximum absolute atomic E-state index is 13.4. The molecule has 0 unspecified atom stereocenters. The van der Waals surface area contributed by atoms with Gasteiger partial charge in [-0.25, -0.2) is 13.4 Å². The number of aromatic nitrogens is 2. The van der Waals surface area contributed by atoms with Gasteiger partial charge in [-0.2, -0.15) is 0 Å². The molecular formula is C27H29BrClN5O3S. The van der Waals surface area contributed by atoms with Gasteiger partial charge in [0.25, 0.3) is 5.56 Å². The summed E-state index contributed by atoms with van der Waals surface area (Å²) in [5.41, 5.74) is 3.07. The molecule has 0 radical (unpaired) electrons. The Morgan fingerprint density at radius 3 is 2.42 bits per heavy atom. The molecule has 0 amide bonds. The highest BCUT2D eigenvalue weighted by Gasteiger charge is 2.21. The number of rotatable bonds is 8. The molecule has 0 bridgehead atoms. The lowest BCUT2D eigenvalue weighted by atomic mass is 10.1. The summed E-state index contributed by atoms with van der Waals surface area (Å²) in [6, 6.07) is 8.42. The maximum atomic E-state index is 13.4. The van der Waals surface area contributed by atoms with Crippen LogP contribution in [-0.2, 0) is 22.9 Å². The van der Waals surface area contributed by atoms with E-state index in [1.165, 1.54) is 17.0 Å². The van der Waals surface area contributed by atoms with Crippen molar-refractivity contribution < 1.29 is 8.42 Å². The zero-order valence-corrected chi connectivity index (χ0v) is 24.3. The normalized spacial score (nSPS) is 16.9. The fourth-order valence-electron chi connectivity index (χ4n) is 4.86. The minimum Gasteiger partial charge on any atom is -0.296 e. The van der Waals surface area contributed by atoms with E-state index in [1.54, 1.807) is 19.1 Å². The third-order valence-corrected chi connectivity index (χ3v) is 9.83. The SMILES string of the molecule is CCS(=O)(=O)c1ccc(Cl)cc1Cn1cnc2cc(CN3CCN(CC4=NCC=C4)CC3)c(Br)cc2c1=O. The Morgan fingerprint density at radius 2 is 1.74 bits per heavy atom. The number of halogens is 2. The van der Waals surface area contributed by atoms with Crippen molar-refractivity contribution in [3.8, 4) is 0 Å². The van der Waals surface area contributed by atoms with E-state index < -0.39 is 9.84 Å². The summed E-state index contributed by atoms with van der Waals surface area (Å²) in [6.07, 6.45) is 5.68. The molecule has 0 N–H and O–H groups in total. The van der Waals surface area contributed by atoms with Crippen LogP contribution < -0.4 is 5.56 Å². The van der Waals surface area contributed by atoms with Gasteiger partial charge in [0.05, 0.1) is 41.0 Å². The molecular weight excluding hydrogens is 590 g/mol. The fraction of sp³-hybridized carbons (Fsp3) is 0.370. The first kappa shape index (κ1) is 27.2. The van der Waals surface area contributed by atoms with Crippen LogP contribution in [-0.4, -0.2) is 78.5 Å². The highest BCUT2D eigenvalue weighted by molar-refractivity contribution is 9.10. The van der Waals surface area contributed by atoms with E-state index in [0.717, 1.165) is 61.6 Å². The summed E-state index contributed by atoms with van der Waals surface area (Å²) in [7, 11) is -3.48. The Balaban J connectivity index is 1.34. The summed E-state index contributed by atoms with van der Waals surface area (Å²) >= 11 is 9.82. The summed E-state index contributed by atoms with van der Waals surface area (Å²) in [5.74, 6) is -0.0378. The molecule has 11 heteroatoms. The van der Waals surface area contributed by atoms with E-state index in [1.807, 2.05) is 12.1 Å². The minimum atomic E-state index is -3.48. The van der Waals surface area contributed by atoms with Gasteiger partial charge in [0.1, 0.15) is 0 Å². The van der Waals surface area contributed by atoms with Crippen LogP contribution in [0.1, 0.15) is 18.1 Å². The number of benzene rings is 2. The van der Waals surface area contributed by atoms with Gasteiger partial charge >= 0.3 is 0 Å². The van der Waals surface area contributed by atoms with Gasteiger partial charge in [-0.3, -0.25) is 24.2 Å². The average Bonchev–Trinajstić information content (AvgIpc) is 3.41. The maximum Gasteiger partial charge on any atom is 0.261 e. The van der Waals surface area contributed by atoms with Crippen molar-refractivity contribution in [2.45, 2.75) is 24.9 Å². The Labute approximate surface area is 235 Å². The van der Waals surface area contributed by atoms with Crippen LogP contribution in [0.15, 0.2) is 68.0 Å². The average molecular weight is 619 g/mol. The first-order valence-electron chi connectivity index (χ1n) is 12.6. The van der Waals surface area contributed by atoms with Crippen LogP contribution in [0.5, 0.6) is 0 Å². The second-order valence-electron chi connectivity index (χ2n) is 9.58. The van der Waals surface area contributed by atoms with E-state index in [4.69, 9.17) is 11.6 Å². The molecule has 8 nitrogen and oxygen atoms in total. The molecule has 1 aromatic heterocycles. The lowest BCUT2D eigenvalue weighted by Crippen LogP contribution is -2.47. The van der Waals surface area contributed by atoms with Crippen LogP contribution in [0.4, 0.5) is 0 Å². The van der Waals surface area contributed by atoms with Crippen LogP contribution >= 0.6 is 27.5 Å². The van der Waals surface area contributed by atoms with Gasteiger partial charge < -0.3 is 0 Å². The van der Waals surface area contributed by atoms with Crippen molar-refractivity contribution >= 4 is 54.0 Å². The molecule has 0 atom stereocenters. The lowest BCUT2D eigenvalue weighted by molar-refractivity contribution is 0.140. The predicted molar refractivity (Wildman–Crippen MR) is 155 cm³/mol. The van der Waals surface area contributed by atoms with Crippen molar-refractivity contribution in [2.75, 3.05) is 45.0 Å². The smallest absolute Gasteiger partial charge is 0.261 e. The van der Waals surface area contributed by atoms with Crippen LogP contribution in [0, 0.1) is 0 Å². The monoisotopic (exact) mass is 617 g/mol. The van der Waals surface area contributed by atoms with Crippen molar-refractivity contribution in [1.29, 1.82) is 0 Å². The first-order chi connectivity index (χ1) is 18.2. The van der Waals surface area contributed by atoms with Gasteiger partial charge in [-0.05, 0) is 47.5 Å². The van der Waals surface area contributed by atoms with E-state index in [2.05, 4.69) is 47.9 Å². The third kappa shape index (κ3) is 5.94. The van der Waals surface area contributed by atoms with E-state index >= 15 is 0 Å². The molecule has 0 saturated carbocycles. The highest BCUT2D eigenvalue weighted by Crippen LogP contribution is 2.25. The van der Waals surface area contributed by atoms with Crippen molar-refractivity contribution in [2.24, 2.45) is 4.99 Å². The number of hydrogen-bond acceptors (Lipinski definition) is 7. The fourth-order valence-corrected chi connectivity index (χ4v) is 6.63. The summed E-state index contributed by atoms with van der Waals surface area (Å²) in [4.78, 5) is 27.4. The Hall–Kier alpha value is -2.37. The summed E-state index contributed by atoms with van der Waals surface area (Å²) in [5, 5.41) is 0.884. The van der Waals surface area contributed by atoms with Gasteiger partial charge in [-0.1, -0.05) is 40.5 Å². The minimum absolute atomic E-state index is 0.0378. The van der Waals surface area contributed by atoms with E-state index in [0.29, 0.717) is 21.5 Å². The number of aliphatic imine (C=N–C) groups is 1. The highest BCUT2D eigenvalue weighted by atomic mass is 79.9. The number of nitrogens with zero attached hydrogens (tertiary/aromatic N) is 5. The largest absolute Gasteiger partial charge is 0.296 e. The molecule has 0 aliphatic carbocycles. The molecule has 38 heavy (non-hydrogen) atoms. The lowest BCUT2D eigenvalue weighted by Gasteiger charge is -2.34. The second kappa shape index (κ2) is 11.4. The van der Waals surface area contributed by atoms with Crippen molar-refractivity contribution in [1.82, 2.24) is 19.4 Å². The van der Waals surface area contributed by atoms with Crippen LogP contribution in [0.2, 0.25) is 5.02 Å². The molecule has 2 aliphatic heterocycles. The molecule has 0 spiro atoms. The Bertz CT molecular complexity index is 1590. The molecule has 1 fully saturated rings. The summed E-state index contributed by atoms with van der Waals surface area (Å²) < 4.78 is 27.5. The number of fused-ring (bicyclic) bond motifs is 1. The molecule has 2 aromatic carbocycles. The Kier molecular flexibility index (Phi) is 8.16. The molecule has 5 rings (SSSR count). The van der Waals surface area contributed by atoms with E-state index in [9.17, 15) is 13.2 Å². The van der Waals surface area contributed by atoms with Crippen LogP contribution in [0.3, 0.4) is 0 Å². The number of piperazine rings is 1.